The molecule has 0 bridgehead atoms. The molecule has 3 aromatic carbocycles. The van der Waals surface area contributed by atoms with Gasteiger partial charge in [-0.05, 0) is 47.0 Å². The van der Waals surface area contributed by atoms with Crippen LogP contribution in [0.15, 0.2) is 90.0 Å². The Morgan fingerprint density at radius 2 is 1.19 bits per heavy atom. The maximum Gasteiger partial charge on any atom is 0.149 e. The van der Waals surface area contributed by atoms with Crippen molar-refractivity contribution in [2.24, 2.45) is 0 Å². The normalized spacial score (nSPS) is 16.9. The van der Waals surface area contributed by atoms with Gasteiger partial charge >= 0.3 is 0 Å². The summed E-state index contributed by atoms with van der Waals surface area (Å²) in [5.41, 5.74) is 2.70. The summed E-state index contributed by atoms with van der Waals surface area (Å²) in [4.78, 5) is 0.836. The van der Waals surface area contributed by atoms with Crippen molar-refractivity contribution in [3.63, 3.8) is 0 Å². The van der Waals surface area contributed by atoms with Gasteiger partial charge in [-0.1, -0.05) is 89.4 Å². The zero-order valence-corrected chi connectivity index (χ0v) is 20.0. The van der Waals surface area contributed by atoms with Gasteiger partial charge in [0, 0.05) is 15.6 Å². The van der Waals surface area contributed by atoms with Crippen molar-refractivity contribution in [3.8, 4) is 0 Å². The second kappa shape index (κ2) is 9.69. The fourth-order valence-electron chi connectivity index (χ4n) is 3.17. The van der Waals surface area contributed by atoms with E-state index >= 15 is 0 Å². The van der Waals surface area contributed by atoms with Gasteiger partial charge in [0.05, 0.1) is 25.0 Å². The molecule has 32 heavy (non-hydrogen) atoms. The Balaban J connectivity index is 2.04. The van der Waals surface area contributed by atoms with Crippen molar-refractivity contribution >= 4 is 60.9 Å². The molecule has 0 saturated carbocycles. The third-order valence-electron chi connectivity index (χ3n) is 4.56. The van der Waals surface area contributed by atoms with E-state index in [2.05, 4.69) is 0 Å². The van der Waals surface area contributed by atoms with Gasteiger partial charge in [0.2, 0.25) is 0 Å². The number of hydrogen-bond donors (Lipinski definition) is 0. The lowest BCUT2D eigenvalue weighted by molar-refractivity contribution is -1.91. The van der Waals surface area contributed by atoms with Crippen LogP contribution in [0, 0.1) is 10.2 Å². The molecule has 0 saturated heterocycles. The van der Waals surface area contributed by atoms with Crippen LogP contribution in [0.5, 0.6) is 0 Å². The quantitative estimate of drug-likeness (QED) is 0.463. The van der Waals surface area contributed by atoms with Crippen LogP contribution in [-0.2, 0) is 3.74 Å². The average Bonchev–Trinajstić information content (AvgIpc) is 2.75. The Kier molecular flexibility index (Phi) is 7.12. The van der Waals surface area contributed by atoms with Crippen molar-refractivity contribution in [1.29, 1.82) is 0 Å². The molecule has 1 heterocycles. The van der Waals surface area contributed by atoms with Crippen molar-refractivity contribution in [2.45, 2.75) is 0 Å². The first-order valence-electron chi connectivity index (χ1n) is 9.14. The zero-order chi connectivity index (χ0) is 22.9. The minimum Gasteiger partial charge on any atom is -0.182 e. The van der Waals surface area contributed by atoms with Crippen LogP contribution in [-0.4, -0.2) is 4.86 Å². The second-order valence-corrected chi connectivity index (χ2v) is 10.6. The molecule has 0 spiro atoms. The zero-order valence-electron chi connectivity index (χ0n) is 16.1. The summed E-state index contributed by atoms with van der Waals surface area (Å²) in [6.45, 7) is 0. The molecule has 0 N–H and O–H groups in total. The van der Waals surface area contributed by atoms with Gasteiger partial charge in [0.25, 0.3) is 0 Å². The van der Waals surface area contributed by atoms with Crippen molar-refractivity contribution in [3.05, 3.63) is 117 Å². The number of rotatable bonds is 5. The minimum absolute atomic E-state index is 0.276. The van der Waals surface area contributed by atoms with E-state index in [1.165, 1.54) is 0 Å². The number of allylic oxidation sites excluding steroid dienone is 3. The van der Waals surface area contributed by atoms with Crippen LogP contribution in [0.25, 0.3) is 10.5 Å². The largest absolute Gasteiger partial charge is 0.182 e. The van der Waals surface area contributed by atoms with Crippen LogP contribution in [0.2, 0.25) is 10.0 Å². The Labute approximate surface area is 204 Å². The third kappa shape index (κ3) is 5.29. The highest BCUT2D eigenvalue weighted by Crippen LogP contribution is 2.48. The third-order valence-corrected chi connectivity index (χ3v) is 8.25. The van der Waals surface area contributed by atoms with E-state index in [0.29, 0.717) is 36.5 Å². The molecule has 0 aromatic heterocycles. The number of benzene rings is 3. The molecule has 1 aliphatic heterocycles. The fraction of sp³-hybridized carbons (Fsp3) is 0. The molecule has 164 valence electrons. The summed E-state index contributed by atoms with van der Waals surface area (Å²) >= 11 is 18.9. The van der Waals surface area contributed by atoms with E-state index in [9.17, 15) is 14.0 Å². The molecule has 1 atom stereocenters. The summed E-state index contributed by atoms with van der Waals surface area (Å²) in [6.07, 6.45) is 1.74. The fourth-order valence-corrected chi connectivity index (χ4v) is 6.47. The molecule has 1 unspecified atom stereocenters. The summed E-state index contributed by atoms with van der Waals surface area (Å²) in [5, 5.41) is 1.29. The summed E-state index contributed by atoms with van der Waals surface area (Å²) < 4.78 is 40.1. The van der Waals surface area contributed by atoms with Crippen molar-refractivity contribution in [1.82, 2.24) is 0 Å². The van der Waals surface area contributed by atoms with Crippen LogP contribution >= 0.6 is 45.6 Å². The molecule has 0 aliphatic carbocycles. The van der Waals surface area contributed by atoms with Gasteiger partial charge in [-0.25, -0.2) is 0 Å². The smallest absolute Gasteiger partial charge is 0.149 e. The van der Waals surface area contributed by atoms with E-state index in [-0.39, 0.29) is 5.03 Å². The summed E-state index contributed by atoms with van der Waals surface area (Å²) in [6, 6.07) is 22.9. The van der Waals surface area contributed by atoms with Gasteiger partial charge < -0.3 is 0 Å². The van der Waals surface area contributed by atoms with E-state index < -0.39 is 21.0 Å². The SMILES string of the molecule is [O-][Cl+3]([O-])([O-])OS1=C(c2ccc(Cl)cc2)C(Cl)=C(c2ccccc2)C=C1c1ccc(Cl)cc1. The van der Waals surface area contributed by atoms with Crippen LogP contribution in [0.4, 0.5) is 0 Å². The highest BCUT2D eigenvalue weighted by molar-refractivity contribution is 8.20. The first-order chi connectivity index (χ1) is 15.2. The molecule has 0 fully saturated rings. The van der Waals surface area contributed by atoms with Crippen molar-refractivity contribution < 1.29 is 28.0 Å². The van der Waals surface area contributed by atoms with Gasteiger partial charge in [0.15, 0.2) is 0 Å². The lowest BCUT2D eigenvalue weighted by Crippen LogP contribution is -2.60. The Bertz CT molecular complexity index is 1230. The minimum atomic E-state index is -4.75. The molecular formula is C23H14Cl4O4S. The van der Waals surface area contributed by atoms with Gasteiger partial charge in [-0.3, -0.25) is 0 Å². The van der Waals surface area contributed by atoms with Gasteiger partial charge in [-0.2, -0.15) is 14.0 Å². The molecule has 1 aliphatic rings. The van der Waals surface area contributed by atoms with Crippen molar-refractivity contribution in [2.75, 3.05) is 0 Å². The van der Waals surface area contributed by atoms with E-state index in [4.69, 9.17) is 38.5 Å². The van der Waals surface area contributed by atoms with Crippen LogP contribution in [0.3, 0.4) is 0 Å². The highest BCUT2D eigenvalue weighted by atomic mass is 35.7. The molecule has 4 rings (SSSR count). The second-order valence-electron chi connectivity index (χ2n) is 6.65. The molecule has 9 heteroatoms. The Morgan fingerprint density at radius 3 is 1.72 bits per heavy atom. The van der Waals surface area contributed by atoms with Crippen LogP contribution in [0.1, 0.15) is 16.7 Å². The average molecular weight is 528 g/mol. The lowest BCUT2D eigenvalue weighted by atomic mass is 10.0. The molecular weight excluding hydrogens is 514 g/mol. The first-order valence-corrected chi connectivity index (χ1v) is 12.7. The van der Waals surface area contributed by atoms with E-state index in [1.54, 1.807) is 54.6 Å². The number of halogens is 4. The van der Waals surface area contributed by atoms with Gasteiger partial charge in [0.1, 0.15) is 14.5 Å². The molecule has 0 radical (unpaired) electrons. The predicted molar refractivity (Wildman–Crippen MR) is 123 cm³/mol. The number of hydrogen-bond acceptors (Lipinski definition) is 4. The summed E-state index contributed by atoms with van der Waals surface area (Å²) in [7, 11) is -6.39. The summed E-state index contributed by atoms with van der Waals surface area (Å²) in [5.74, 6) is 0. The maximum atomic E-state index is 11.7. The predicted octanol–water partition coefficient (Wildman–Crippen LogP) is 4.32. The topological polar surface area (TPSA) is 78.4 Å². The standard InChI is InChI=1S/C23H14Cl4O4S/c24-18-10-6-16(7-11-18)21-14-20(15-4-2-1-3-5-15)22(26)23(32(21)31-27(28,29)30)17-8-12-19(25)13-9-17/h1-14H. The lowest BCUT2D eigenvalue weighted by Gasteiger charge is -2.24. The molecule has 4 nitrogen and oxygen atoms in total. The Hall–Kier alpha value is -1.64. The Morgan fingerprint density at radius 1 is 0.656 bits per heavy atom. The molecule has 0 amide bonds. The monoisotopic (exact) mass is 526 g/mol. The first kappa shape index (κ1) is 23.5. The molecule has 3 aromatic rings. The van der Waals surface area contributed by atoms with E-state index in [0.717, 1.165) is 5.56 Å². The van der Waals surface area contributed by atoms with Gasteiger partial charge in [-0.15, -0.1) is 0 Å². The van der Waals surface area contributed by atoms with Crippen LogP contribution < -0.4 is 14.0 Å². The maximum absolute atomic E-state index is 11.7. The van der Waals surface area contributed by atoms with E-state index in [1.807, 2.05) is 30.3 Å². The highest BCUT2D eigenvalue weighted by Gasteiger charge is 2.34.